The molecule has 0 spiro atoms. The molecular weight excluding hydrogens is 227 g/mol. The predicted octanol–water partition coefficient (Wildman–Crippen LogP) is 0.840. The molecule has 7 heteroatoms. The second kappa shape index (κ2) is 3.84. The minimum absolute atomic E-state index is 0.347. The van der Waals surface area contributed by atoms with Gasteiger partial charge < -0.3 is 9.64 Å². The number of ether oxygens (including phenoxy) is 1. The molecule has 5 nitrogen and oxygen atoms in total. The maximum Gasteiger partial charge on any atom is 0.235 e. The van der Waals surface area contributed by atoms with Gasteiger partial charge in [-0.1, -0.05) is 23.2 Å². The molecule has 76 valence electrons. The first-order valence-electron chi connectivity index (χ1n) is 4.06. The summed E-state index contributed by atoms with van der Waals surface area (Å²) in [5, 5.41) is 0. The maximum absolute atomic E-state index is 5.85. The van der Waals surface area contributed by atoms with E-state index in [2.05, 4.69) is 15.0 Å². The van der Waals surface area contributed by atoms with Gasteiger partial charge in [0.15, 0.2) is 0 Å². The number of alkyl halides is 2. The zero-order valence-corrected chi connectivity index (χ0v) is 8.74. The number of nitrogens with zero attached hydrogens (tertiary/aromatic N) is 4. The average Bonchev–Trinajstić information content (AvgIpc) is 2.18. The SMILES string of the molecule is ClC1(Cl)CN(c2ncncn2)CCO1. The van der Waals surface area contributed by atoms with Gasteiger partial charge in [0.25, 0.3) is 0 Å². The van der Waals surface area contributed by atoms with E-state index in [-0.39, 0.29) is 0 Å². The molecule has 0 unspecified atom stereocenters. The first-order chi connectivity index (χ1) is 6.67. The highest BCUT2D eigenvalue weighted by atomic mass is 35.5. The molecule has 1 aliphatic rings. The van der Waals surface area contributed by atoms with Crippen LogP contribution in [-0.4, -0.2) is 39.2 Å². The van der Waals surface area contributed by atoms with E-state index in [1.807, 2.05) is 4.90 Å². The summed E-state index contributed by atoms with van der Waals surface area (Å²) < 4.78 is 3.96. The Hall–Kier alpha value is -0.650. The van der Waals surface area contributed by atoms with Crippen LogP contribution < -0.4 is 4.90 Å². The van der Waals surface area contributed by atoms with Crippen LogP contribution in [0.15, 0.2) is 12.7 Å². The summed E-state index contributed by atoms with van der Waals surface area (Å²) in [5.41, 5.74) is 0. The number of hydrogen-bond donors (Lipinski definition) is 0. The fraction of sp³-hybridized carbons (Fsp3) is 0.571. The van der Waals surface area contributed by atoms with Crippen molar-refractivity contribution >= 4 is 29.2 Å². The van der Waals surface area contributed by atoms with Gasteiger partial charge in [-0.2, -0.15) is 0 Å². The van der Waals surface area contributed by atoms with E-state index in [1.165, 1.54) is 12.7 Å². The van der Waals surface area contributed by atoms with Crippen LogP contribution in [0.25, 0.3) is 0 Å². The molecule has 2 rings (SSSR count). The van der Waals surface area contributed by atoms with Crippen LogP contribution in [0.5, 0.6) is 0 Å². The third-order valence-corrected chi connectivity index (χ3v) is 2.27. The molecule has 0 bridgehead atoms. The van der Waals surface area contributed by atoms with Crippen LogP contribution in [-0.2, 0) is 4.74 Å². The van der Waals surface area contributed by atoms with Gasteiger partial charge in [-0.25, -0.2) is 15.0 Å². The lowest BCUT2D eigenvalue weighted by molar-refractivity contribution is 0.0639. The van der Waals surface area contributed by atoms with Crippen molar-refractivity contribution < 1.29 is 4.74 Å². The Morgan fingerprint density at radius 3 is 2.71 bits per heavy atom. The molecule has 2 heterocycles. The molecule has 1 fully saturated rings. The van der Waals surface area contributed by atoms with Crippen LogP contribution >= 0.6 is 23.2 Å². The van der Waals surface area contributed by atoms with Gasteiger partial charge in [0, 0.05) is 6.54 Å². The van der Waals surface area contributed by atoms with Gasteiger partial charge in [0.1, 0.15) is 12.7 Å². The molecule has 0 amide bonds. The highest BCUT2D eigenvalue weighted by Gasteiger charge is 2.33. The number of aromatic nitrogens is 3. The lowest BCUT2D eigenvalue weighted by Gasteiger charge is -2.34. The molecule has 14 heavy (non-hydrogen) atoms. The van der Waals surface area contributed by atoms with Crippen molar-refractivity contribution in [2.24, 2.45) is 0 Å². The zero-order chi connectivity index (χ0) is 10.0. The number of anilines is 1. The summed E-state index contributed by atoms with van der Waals surface area (Å²) in [4.78, 5) is 13.6. The monoisotopic (exact) mass is 234 g/mol. The standard InChI is InChI=1S/C7H8Cl2N4O/c8-7(9)3-13(1-2-14-7)6-11-4-10-5-12-6/h4-5H,1-3H2. The van der Waals surface area contributed by atoms with Gasteiger partial charge in [0.2, 0.25) is 10.5 Å². The Morgan fingerprint density at radius 1 is 1.36 bits per heavy atom. The second-order valence-electron chi connectivity index (χ2n) is 2.85. The smallest absolute Gasteiger partial charge is 0.235 e. The first kappa shape index (κ1) is 9.89. The summed E-state index contributed by atoms with van der Waals surface area (Å²) >= 11 is 11.7. The summed E-state index contributed by atoms with van der Waals surface area (Å²) in [7, 11) is 0. The van der Waals surface area contributed by atoms with E-state index in [4.69, 9.17) is 27.9 Å². The maximum atomic E-state index is 5.85. The van der Waals surface area contributed by atoms with Crippen molar-refractivity contribution in [3.63, 3.8) is 0 Å². The van der Waals surface area contributed by atoms with E-state index < -0.39 is 4.52 Å². The molecule has 1 aromatic rings. The molecule has 0 radical (unpaired) electrons. The summed E-state index contributed by atoms with van der Waals surface area (Å²) in [5.74, 6) is 0.564. The molecule has 0 atom stereocenters. The first-order valence-corrected chi connectivity index (χ1v) is 4.82. The van der Waals surface area contributed by atoms with Crippen LogP contribution in [0.3, 0.4) is 0 Å². The van der Waals surface area contributed by atoms with Crippen LogP contribution in [0.1, 0.15) is 0 Å². The predicted molar refractivity (Wildman–Crippen MR) is 52.4 cm³/mol. The molecule has 1 aliphatic heterocycles. The van der Waals surface area contributed by atoms with Gasteiger partial charge in [-0.15, -0.1) is 0 Å². The van der Waals surface area contributed by atoms with Crippen molar-refractivity contribution in [2.75, 3.05) is 24.6 Å². The topological polar surface area (TPSA) is 51.1 Å². The number of hydrogen-bond acceptors (Lipinski definition) is 5. The normalized spacial score (nSPS) is 20.9. The van der Waals surface area contributed by atoms with Crippen molar-refractivity contribution in [2.45, 2.75) is 4.52 Å². The Kier molecular flexibility index (Phi) is 2.71. The van der Waals surface area contributed by atoms with Crippen LogP contribution in [0, 0.1) is 0 Å². The number of halogens is 2. The minimum atomic E-state index is -1.18. The zero-order valence-electron chi connectivity index (χ0n) is 7.23. The molecule has 0 saturated carbocycles. The van der Waals surface area contributed by atoms with E-state index in [1.54, 1.807) is 0 Å². The molecule has 0 aromatic carbocycles. The van der Waals surface area contributed by atoms with E-state index in [0.29, 0.717) is 25.6 Å². The third-order valence-electron chi connectivity index (χ3n) is 1.81. The van der Waals surface area contributed by atoms with E-state index in [0.717, 1.165) is 0 Å². The van der Waals surface area contributed by atoms with Crippen molar-refractivity contribution in [3.05, 3.63) is 12.7 Å². The Morgan fingerprint density at radius 2 is 2.07 bits per heavy atom. The molecule has 0 aliphatic carbocycles. The van der Waals surface area contributed by atoms with Gasteiger partial charge in [0.05, 0.1) is 13.2 Å². The number of rotatable bonds is 1. The number of morpholine rings is 1. The third kappa shape index (κ3) is 2.23. The summed E-state index contributed by atoms with van der Waals surface area (Å²) in [6.07, 6.45) is 2.86. The average molecular weight is 235 g/mol. The van der Waals surface area contributed by atoms with E-state index >= 15 is 0 Å². The molecule has 1 saturated heterocycles. The fourth-order valence-corrected chi connectivity index (χ4v) is 1.66. The van der Waals surface area contributed by atoms with E-state index in [9.17, 15) is 0 Å². The van der Waals surface area contributed by atoms with Crippen LogP contribution in [0.4, 0.5) is 5.95 Å². The van der Waals surface area contributed by atoms with Crippen molar-refractivity contribution in [1.82, 2.24) is 15.0 Å². The van der Waals surface area contributed by atoms with Gasteiger partial charge >= 0.3 is 0 Å². The Balaban J connectivity index is 2.12. The van der Waals surface area contributed by atoms with Gasteiger partial charge in [-0.3, -0.25) is 0 Å². The molecular formula is C7H8Cl2N4O. The van der Waals surface area contributed by atoms with Crippen LogP contribution in [0.2, 0.25) is 0 Å². The quantitative estimate of drug-likeness (QED) is 0.675. The molecule has 1 aromatic heterocycles. The van der Waals surface area contributed by atoms with Gasteiger partial charge in [-0.05, 0) is 0 Å². The second-order valence-corrected chi connectivity index (χ2v) is 4.26. The Labute approximate surface area is 91.0 Å². The lowest BCUT2D eigenvalue weighted by atomic mass is 10.4. The Bertz CT molecular complexity index is 308. The van der Waals surface area contributed by atoms with Crippen molar-refractivity contribution in [1.29, 1.82) is 0 Å². The highest BCUT2D eigenvalue weighted by molar-refractivity contribution is 6.47. The lowest BCUT2D eigenvalue weighted by Crippen LogP contribution is -2.46. The fourth-order valence-electron chi connectivity index (χ4n) is 1.22. The summed E-state index contributed by atoms with van der Waals surface area (Å²) in [6, 6.07) is 0. The highest BCUT2D eigenvalue weighted by Crippen LogP contribution is 2.28. The minimum Gasteiger partial charge on any atom is -0.343 e. The largest absolute Gasteiger partial charge is 0.343 e. The summed E-state index contributed by atoms with van der Waals surface area (Å²) in [6.45, 7) is 1.48. The van der Waals surface area contributed by atoms with Crippen molar-refractivity contribution in [3.8, 4) is 0 Å². The molecule has 0 N–H and O–H groups in total.